The zero-order valence-corrected chi connectivity index (χ0v) is 16.3. The molecule has 2 rings (SSSR count). The first kappa shape index (κ1) is 24.8. The fourth-order valence-corrected chi connectivity index (χ4v) is 2.79. The number of amides is 1. The molecular weight excluding hydrogens is 390 g/mol. The number of benzene rings is 1. The molecule has 0 aliphatic carbocycles. The lowest BCUT2D eigenvalue weighted by Gasteiger charge is -2.31. The van der Waals surface area contributed by atoms with Crippen molar-refractivity contribution in [2.45, 2.75) is 51.2 Å². The van der Waals surface area contributed by atoms with Crippen molar-refractivity contribution in [2.24, 2.45) is 5.73 Å². The Hall–Kier alpha value is -1.18. The Labute approximate surface area is 164 Å². The summed E-state index contributed by atoms with van der Waals surface area (Å²) in [4.78, 5) is 14.1. The van der Waals surface area contributed by atoms with Gasteiger partial charge in [-0.15, -0.1) is 24.8 Å². The lowest BCUT2D eigenvalue weighted by Crippen LogP contribution is -2.30. The van der Waals surface area contributed by atoms with Crippen molar-refractivity contribution < 1.29 is 18.0 Å². The predicted octanol–water partition coefficient (Wildman–Crippen LogP) is 4.61. The number of nitrogens with one attached hydrogen (secondary N) is 1. The molecule has 0 spiro atoms. The number of alkyl halides is 3. The van der Waals surface area contributed by atoms with Crippen molar-refractivity contribution in [2.75, 3.05) is 23.3 Å². The van der Waals surface area contributed by atoms with Crippen LogP contribution in [-0.2, 0) is 11.0 Å². The molecule has 9 heteroatoms. The molecule has 1 saturated heterocycles. The van der Waals surface area contributed by atoms with Crippen LogP contribution in [-0.4, -0.2) is 25.0 Å². The standard InChI is InChI=1S/C17H24F3N3O.2ClH/c1-12(21)5-8-16(24)22-14-11-13(17(18,19)20)6-7-15(14)23-9-3-2-4-10-23;;/h6-7,11-12H,2-5,8-10,21H2,1H3,(H,22,24);2*1H. The Bertz CT molecular complexity index is 577. The van der Waals surface area contributed by atoms with Crippen LogP contribution in [0.5, 0.6) is 0 Å². The minimum Gasteiger partial charge on any atom is -0.370 e. The van der Waals surface area contributed by atoms with Crippen LogP contribution in [0, 0.1) is 0 Å². The van der Waals surface area contributed by atoms with Gasteiger partial charge in [0.1, 0.15) is 0 Å². The minimum absolute atomic E-state index is 0. The number of carbonyl (C=O) groups is 1. The number of carbonyl (C=O) groups excluding carboxylic acids is 1. The van der Waals surface area contributed by atoms with E-state index in [0.717, 1.165) is 44.5 Å². The molecular formula is C17H26Cl2F3N3O. The molecule has 1 aromatic rings. The number of hydrogen-bond donors (Lipinski definition) is 2. The molecule has 0 radical (unpaired) electrons. The number of anilines is 2. The average Bonchev–Trinajstić information content (AvgIpc) is 2.53. The highest BCUT2D eigenvalue weighted by atomic mass is 35.5. The van der Waals surface area contributed by atoms with Crippen molar-refractivity contribution in [3.63, 3.8) is 0 Å². The number of rotatable bonds is 5. The highest BCUT2D eigenvalue weighted by molar-refractivity contribution is 5.94. The average molecular weight is 416 g/mol. The van der Waals surface area contributed by atoms with Crippen molar-refractivity contribution in [3.05, 3.63) is 23.8 Å². The first-order valence-electron chi connectivity index (χ1n) is 8.29. The van der Waals surface area contributed by atoms with Gasteiger partial charge < -0.3 is 16.0 Å². The zero-order valence-electron chi connectivity index (χ0n) is 14.6. The van der Waals surface area contributed by atoms with Crippen LogP contribution in [0.3, 0.4) is 0 Å². The molecule has 4 nitrogen and oxygen atoms in total. The van der Waals surface area contributed by atoms with Crippen LogP contribution < -0.4 is 16.0 Å². The van der Waals surface area contributed by atoms with Gasteiger partial charge in [-0.2, -0.15) is 13.2 Å². The highest BCUT2D eigenvalue weighted by Gasteiger charge is 2.31. The van der Waals surface area contributed by atoms with Crippen molar-refractivity contribution in [1.29, 1.82) is 0 Å². The number of piperidine rings is 1. The number of nitrogens with zero attached hydrogens (tertiary/aromatic N) is 1. The first-order chi connectivity index (χ1) is 11.3. The largest absolute Gasteiger partial charge is 0.416 e. The van der Waals surface area contributed by atoms with Gasteiger partial charge in [0.2, 0.25) is 5.91 Å². The topological polar surface area (TPSA) is 58.4 Å². The maximum atomic E-state index is 13.0. The molecule has 1 heterocycles. The minimum atomic E-state index is -4.44. The third kappa shape index (κ3) is 7.21. The van der Waals surface area contributed by atoms with Crippen LogP contribution in [0.15, 0.2) is 18.2 Å². The fraction of sp³-hybridized carbons (Fsp3) is 0.588. The summed E-state index contributed by atoms with van der Waals surface area (Å²) in [6.45, 7) is 3.36. The van der Waals surface area contributed by atoms with Gasteiger partial charge in [-0.25, -0.2) is 0 Å². The summed E-state index contributed by atoms with van der Waals surface area (Å²) in [7, 11) is 0. The monoisotopic (exact) mass is 415 g/mol. The molecule has 1 aliphatic heterocycles. The molecule has 1 fully saturated rings. The summed E-state index contributed by atoms with van der Waals surface area (Å²) < 4.78 is 39.0. The Balaban J connectivity index is 0.00000312. The molecule has 150 valence electrons. The maximum absolute atomic E-state index is 13.0. The highest BCUT2D eigenvalue weighted by Crippen LogP contribution is 2.36. The van der Waals surface area contributed by atoms with Gasteiger partial charge in [-0.05, 0) is 50.8 Å². The summed E-state index contributed by atoms with van der Waals surface area (Å²) >= 11 is 0. The summed E-state index contributed by atoms with van der Waals surface area (Å²) in [5.41, 5.74) is 5.74. The normalized spacial score (nSPS) is 15.5. The van der Waals surface area contributed by atoms with E-state index in [1.54, 1.807) is 6.92 Å². The molecule has 0 saturated carbocycles. The van der Waals surface area contributed by atoms with E-state index in [9.17, 15) is 18.0 Å². The predicted molar refractivity (Wildman–Crippen MR) is 104 cm³/mol. The molecule has 1 amide bonds. The third-order valence-corrected chi connectivity index (χ3v) is 4.12. The van der Waals surface area contributed by atoms with Crippen molar-refractivity contribution in [3.8, 4) is 0 Å². The SMILES string of the molecule is CC(N)CCC(=O)Nc1cc(C(F)(F)F)ccc1N1CCCCC1.Cl.Cl. The summed E-state index contributed by atoms with van der Waals surface area (Å²) in [6.07, 6.45) is -0.645. The Morgan fingerprint density at radius 2 is 1.85 bits per heavy atom. The number of halogens is 5. The van der Waals surface area contributed by atoms with E-state index in [1.807, 2.05) is 4.90 Å². The molecule has 3 N–H and O–H groups in total. The van der Waals surface area contributed by atoms with E-state index in [-0.39, 0.29) is 48.9 Å². The van der Waals surface area contributed by atoms with E-state index in [2.05, 4.69) is 5.32 Å². The van der Waals surface area contributed by atoms with Gasteiger partial charge in [-0.3, -0.25) is 4.79 Å². The first-order valence-corrected chi connectivity index (χ1v) is 8.29. The van der Waals surface area contributed by atoms with E-state index in [1.165, 1.54) is 6.07 Å². The number of hydrogen-bond acceptors (Lipinski definition) is 3. The summed E-state index contributed by atoms with van der Waals surface area (Å²) in [5.74, 6) is -0.315. The van der Waals surface area contributed by atoms with Crippen molar-refractivity contribution >= 4 is 42.1 Å². The van der Waals surface area contributed by atoms with Crippen molar-refractivity contribution in [1.82, 2.24) is 0 Å². The third-order valence-electron chi connectivity index (χ3n) is 4.12. The van der Waals surface area contributed by atoms with Crippen LogP contribution in [0.25, 0.3) is 0 Å². The van der Waals surface area contributed by atoms with Crippen LogP contribution in [0.2, 0.25) is 0 Å². The lowest BCUT2D eigenvalue weighted by atomic mass is 10.1. The second-order valence-corrected chi connectivity index (χ2v) is 6.34. The van der Waals surface area contributed by atoms with Gasteiger partial charge in [-0.1, -0.05) is 0 Å². The molecule has 0 aromatic heterocycles. The zero-order chi connectivity index (χ0) is 17.7. The fourth-order valence-electron chi connectivity index (χ4n) is 2.79. The van der Waals surface area contributed by atoms with Crippen LogP contribution in [0.4, 0.5) is 24.5 Å². The summed E-state index contributed by atoms with van der Waals surface area (Å²) in [6, 6.07) is 3.42. The van der Waals surface area contributed by atoms with E-state index in [0.29, 0.717) is 12.1 Å². The molecule has 26 heavy (non-hydrogen) atoms. The lowest BCUT2D eigenvalue weighted by molar-refractivity contribution is -0.137. The van der Waals surface area contributed by atoms with E-state index in [4.69, 9.17) is 5.73 Å². The molecule has 1 atom stereocenters. The molecule has 1 aromatic carbocycles. The maximum Gasteiger partial charge on any atom is 0.416 e. The molecule has 1 unspecified atom stereocenters. The molecule has 1 aliphatic rings. The second-order valence-electron chi connectivity index (χ2n) is 6.34. The summed E-state index contributed by atoms with van der Waals surface area (Å²) in [5, 5.41) is 2.64. The smallest absolute Gasteiger partial charge is 0.370 e. The van der Waals surface area contributed by atoms with Gasteiger partial charge in [0, 0.05) is 25.6 Å². The second kappa shape index (κ2) is 10.8. The van der Waals surface area contributed by atoms with Gasteiger partial charge >= 0.3 is 6.18 Å². The van der Waals surface area contributed by atoms with E-state index < -0.39 is 11.7 Å². The Kier molecular flexibility index (Phi) is 10.4. The van der Waals surface area contributed by atoms with E-state index >= 15 is 0 Å². The quantitative estimate of drug-likeness (QED) is 0.738. The number of nitrogens with two attached hydrogens (primary N) is 1. The van der Waals surface area contributed by atoms with Gasteiger partial charge in [0.05, 0.1) is 16.9 Å². The van der Waals surface area contributed by atoms with Crippen LogP contribution >= 0.6 is 24.8 Å². The Morgan fingerprint density at radius 1 is 1.23 bits per heavy atom. The van der Waals surface area contributed by atoms with Crippen LogP contribution in [0.1, 0.15) is 44.6 Å². The van der Waals surface area contributed by atoms with Gasteiger partial charge in [0.15, 0.2) is 0 Å². The van der Waals surface area contributed by atoms with Gasteiger partial charge in [0.25, 0.3) is 0 Å². The molecule has 0 bridgehead atoms. The Morgan fingerprint density at radius 3 is 2.38 bits per heavy atom.